The molecule has 1 aliphatic rings. The Morgan fingerprint density at radius 1 is 1.43 bits per heavy atom. The van der Waals surface area contributed by atoms with Crippen LogP contribution in [0.1, 0.15) is 42.7 Å². The zero-order valence-corrected chi connectivity index (χ0v) is 14.4. The van der Waals surface area contributed by atoms with Gasteiger partial charge in [-0.3, -0.25) is 4.79 Å². The largest absolute Gasteiger partial charge is 0.338 e. The fourth-order valence-electron chi connectivity index (χ4n) is 3.27. The van der Waals surface area contributed by atoms with Crippen LogP contribution in [0.25, 0.3) is 5.69 Å². The van der Waals surface area contributed by atoms with E-state index in [9.17, 15) is 4.79 Å². The SMILES string of the molecule is CCc1c(C(=O)N2CCCC(C)C2)cnn1-c1cccc(Cl)c1. The van der Waals surface area contributed by atoms with E-state index in [-0.39, 0.29) is 5.91 Å². The zero-order chi connectivity index (χ0) is 16.4. The molecule has 1 aromatic carbocycles. The quantitative estimate of drug-likeness (QED) is 0.853. The highest BCUT2D eigenvalue weighted by molar-refractivity contribution is 6.30. The third kappa shape index (κ3) is 3.27. The Balaban J connectivity index is 1.93. The summed E-state index contributed by atoms with van der Waals surface area (Å²) in [6.45, 7) is 5.93. The van der Waals surface area contributed by atoms with Crippen LogP contribution in [-0.2, 0) is 6.42 Å². The molecule has 0 radical (unpaired) electrons. The second-order valence-corrected chi connectivity index (χ2v) is 6.69. The molecule has 23 heavy (non-hydrogen) atoms. The van der Waals surface area contributed by atoms with Crippen LogP contribution < -0.4 is 0 Å². The maximum Gasteiger partial charge on any atom is 0.257 e. The van der Waals surface area contributed by atoms with E-state index in [1.807, 2.05) is 40.8 Å². The highest BCUT2D eigenvalue weighted by Gasteiger charge is 2.25. The van der Waals surface area contributed by atoms with E-state index in [2.05, 4.69) is 12.0 Å². The molecule has 1 fully saturated rings. The predicted octanol–water partition coefficient (Wildman–Crippen LogP) is 3.96. The van der Waals surface area contributed by atoms with Gasteiger partial charge in [0.2, 0.25) is 0 Å². The molecule has 0 bridgehead atoms. The molecular weight excluding hydrogens is 310 g/mol. The zero-order valence-electron chi connectivity index (χ0n) is 13.6. The van der Waals surface area contributed by atoms with Gasteiger partial charge < -0.3 is 4.90 Å². The van der Waals surface area contributed by atoms with Crippen LogP contribution in [0, 0.1) is 5.92 Å². The molecule has 2 aromatic rings. The molecule has 1 atom stereocenters. The van der Waals surface area contributed by atoms with E-state index in [0.29, 0.717) is 16.5 Å². The van der Waals surface area contributed by atoms with Crippen molar-refractivity contribution >= 4 is 17.5 Å². The molecule has 0 N–H and O–H groups in total. The van der Waals surface area contributed by atoms with Gasteiger partial charge in [0.1, 0.15) is 0 Å². The summed E-state index contributed by atoms with van der Waals surface area (Å²) in [5, 5.41) is 5.11. The first-order valence-corrected chi connectivity index (χ1v) is 8.60. The average Bonchev–Trinajstić information content (AvgIpc) is 2.98. The number of hydrogen-bond acceptors (Lipinski definition) is 2. The molecule has 1 saturated heterocycles. The Labute approximate surface area is 142 Å². The molecular formula is C18H22ClN3O. The lowest BCUT2D eigenvalue weighted by molar-refractivity contribution is 0.0682. The summed E-state index contributed by atoms with van der Waals surface area (Å²) < 4.78 is 1.83. The lowest BCUT2D eigenvalue weighted by Gasteiger charge is -2.30. The number of piperidine rings is 1. The Morgan fingerprint density at radius 3 is 2.96 bits per heavy atom. The Hall–Kier alpha value is -1.81. The van der Waals surface area contributed by atoms with Gasteiger partial charge in [0.05, 0.1) is 23.1 Å². The number of carbonyl (C=O) groups is 1. The summed E-state index contributed by atoms with van der Waals surface area (Å²) in [7, 11) is 0. The first kappa shape index (κ1) is 16.1. The van der Waals surface area contributed by atoms with Crippen molar-refractivity contribution in [2.24, 2.45) is 5.92 Å². The minimum Gasteiger partial charge on any atom is -0.338 e. The lowest BCUT2D eigenvalue weighted by atomic mass is 9.99. The normalized spacial score (nSPS) is 18.2. The number of benzene rings is 1. The number of aromatic nitrogens is 2. The molecule has 3 rings (SSSR count). The van der Waals surface area contributed by atoms with Gasteiger partial charge in [-0.2, -0.15) is 5.10 Å². The second-order valence-electron chi connectivity index (χ2n) is 6.25. The third-order valence-corrected chi connectivity index (χ3v) is 4.67. The Kier molecular flexibility index (Phi) is 4.71. The van der Waals surface area contributed by atoms with Crippen LogP contribution >= 0.6 is 11.6 Å². The lowest BCUT2D eigenvalue weighted by Crippen LogP contribution is -2.39. The van der Waals surface area contributed by atoms with Crippen LogP contribution in [0.15, 0.2) is 30.5 Å². The summed E-state index contributed by atoms with van der Waals surface area (Å²) in [6, 6.07) is 7.55. The van der Waals surface area contributed by atoms with Crippen molar-refractivity contribution in [2.45, 2.75) is 33.1 Å². The van der Waals surface area contributed by atoms with Gasteiger partial charge in [-0.05, 0) is 43.4 Å². The van der Waals surface area contributed by atoms with Crippen molar-refractivity contribution in [3.05, 3.63) is 46.7 Å². The van der Waals surface area contributed by atoms with Gasteiger partial charge in [0.25, 0.3) is 5.91 Å². The van der Waals surface area contributed by atoms with Gasteiger partial charge in [-0.25, -0.2) is 4.68 Å². The summed E-state index contributed by atoms with van der Waals surface area (Å²) in [5.41, 5.74) is 2.54. The van der Waals surface area contributed by atoms with Gasteiger partial charge >= 0.3 is 0 Å². The molecule has 1 unspecified atom stereocenters. The molecule has 5 heteroatoms. The van der Waals surface area contributed by atoms with Crippen LogP contribution in [0.2, 0.25) is 5.02 Å². The fourth-order valence-corrected chi connectivity index (χ4v) is 3.45. The number of halogens is 1. The van der Waals surface area contributed by atoms with Crippen molar-refractivity contribution in [1.82, 2.24) is 14.7 Å². The van der Waals surface area contributed by atoms with Crippen LogP contribution in [-0.4, -0.2) is 33.7 Å². The number of carbonyl (C=O) groups excluding carboxylic acids is 1. The number of nitrogens with zero attached hydrogens (tertiary/aromatic N) is 3. The maximum atomic E-state index is 12.9. The first-order valence-electron chi connectivity index (χ1n) is 8.22. The molecule has 4 nitrogen and oxygen atoms in total. The minimum absolute atomic E-state index is 0.0988. The van der Waals surface area contributed by atoms with Gasteiger partial charge in [-0.1, -0.05) is 31.5 Å². The Morgan fingerprint density at radius 2 is 2.26 bits per heavy atom. The van der Waals surface area contributed by atoms with Crippen molar-refractivity contribution in [3.8, 4) is 5.69 Å². The smallest absolute Gasteiger partial charge is 0.257 e. The highest BCUT2D eigenvalue weighted by atomic mass is 35.5. The van der Waals surface area contributed by atoms with Crippen molar-refractivity contribution in [2.75, 3.05) is 13.1 Å². The maximum absolute atomic E-state index is 12.9. The molecule has 1 aromatic heterocycles. The standard InChI is InChI=1S/C18H22ClN3O/c1-3-17-16(18(23)21-9-5-6-13(2)12-21)11-20-22(17)15-8-4-7-14(19)10-15/h4,7-8,10-11,13H,3,5-6,9,12H2,1-2H3. The highest BCUT2D eigenvalue weighted by Crippen LogP contribution is 2.22. The predicted molar refractivity (Wildman–Crippen MR) is 92.3 cm³/mol. The van der Waals surface area contributed by atoms with Crippen molar-refractivity contribution in [3.63, 3.8) is 0 Å². The van der Waals surface area contributed by atoms with E-state index in [1.165, 1.54) is 6.42 Å². The van der Waals surface area contributed by atoms with E-state index in [0.717, 1.165) is 37.3 Å². The monoisotopic (exact) mass is 331 g/mol. The molecule has 0 aliphatic carbocycles. The molecule has 2 heterocycles. The fraction of sp³-hybridized carbons (Fsp3) is 0.444. The summed E-state index contributed by atoms with van der Waals surface area (Å²) in [4.78, 5) is 14.8. The van der Waals surface area contributed by atoms with Crippen molar-refractivity contribution in [1.29, 1.82) is 0 Å². The van der Waals surface area contributed by atoms with Crippen molar-refractivity contribution < 1.29 is 4.79 Å². The van der Waals surface area contributed by atoms with Gasteiger partial charge in [-0.15, -0.1) is 0 Å². The first-order chi connectivity index (χ1) is 11.1. The topological polar surface area (TPSA) is 38.1 Å². The summed E-state index contributed by atoms with van der Waals surface area (Å²) in [6.07, 6.45) is 4.72. The van der Waals surface area contributed by atoms with E-state index < -0.39 is 0 Å². The number of amides is 1. The van der Waals surface area contributed by atoms with E-state index in [1.54, 1.807) is 6.20 Å². The van der Waals surface area contributed by atoms with E-state index in [4.69, 9.17) is 11.6 Å². The summed E-state index contributed by atoms with van der Waals surface area (Å²) in [5.74, 6) is 0.669. The van der Waals surface area contributed by atoms with Gasteiger partial charge in [0.15, 0.2) is 0 Å². The van der Waals surface area contributed by atoms with Gasteiger partial charge in [0, 0.05) is 18.1 Å². The summed E-state index contributed by atoms with van der Waals surface area (Å²) >= 11 is 6.08. The molecule has 1 amide bonds. The average molecular weight is 332 g/mol. The van der Waals surface area contributed by atoms with Crippen LogP contribution in [0.4, 0.5) is 0 Å². The third-order valence-electron chi connectivity index (χ3n) is 4.43. The molecule has 1 aliphatic heterocycles. The van der Waals surface area contributed by atoms with Crippen LogP contribution in [0.5, 0.6) is 0 Å². The second kappa shape index (κ2) is 6.75. The molecule has 0 spiro atoms. The van der Waals surface area contributed by atoms with E-state index >= 15 is 0 Å². The number of hydrogen-bond donors (Lipinski definition) is 0. The molecule has 0 saturated carbocycles. The van der Waals surface area contributed by atoms with Crippen LogP contribution in [0.3, 0.4) is 0 Å². The molecule has 122 valence electrons. The number of likely N-dealkylation sites (tertiary alicyclic amines) is 1. The minimum atomic E-state index is 0.0988. The Bertz CT molecular complexity index is 710. The number of rotatable bonds is 3.